The molecule has 0 bridgehead atoms. The first-order valence-electron chi connectivity index (χ1n) is 5.70. The van der Waals surface area contributed by atoms with Crippen molar-refractivity contribution in [1.82, 2.24) is 9.78 Å². The largest absolute Gasteiger partial charge is 0.586 e. The summed E-state index contributed by atoms with van der Waals surface area (Å²) in [5.74, 6) is -3.58. The van der Waals surface area contributed by atoms with Crippen molar-refractivity contribution in [3.05, 3.63) is 46.1 Å². The van der Waals surface area contributed by atoms with E-state index in [2.05, 4.69) is 14.6 Å². The van der Waals surface area contributed by atoms with Gasteiger partial charge < -0.3 is 14.6 Å². The smallest absolute Gasteiger partial charge is 0.476 e. The molecule has 114 valence electrons. The molecule has 7 nitrogen and oxygen atoms in total. The van der Waals surface area contributed by atoms with Crippen molar-refractivity contribution >= 4 is 5.97 Å². The zero-order chi connectivity index (χ0) is 16.1. The molecule has 2 aromatic rings. The van der Waals surface area contributed by atoms with Gasteiger partial charge in [0.15, 0.2) is 17.3 Å². The van der Waals surface area contributed by atoms with Crippen LogP contribution in [0.3, 0.4) is 0 Å². The van der Waals surface area contributed by atoms with E-state index in [0.717, 1.165) is 23.0 Å². The molecule has 0 radical (unpaired) electrons. The van der Waals surface area contributed by atoms with Gasteiger partial charge in [0.05, 0.1) is 0 Å². The van der Waals surface area contributed by atoms with Crippen molar-refractivity contribution in [2.45, 2.75) is 6.29 Å². The zero-order valence-corrected chi connectivity index (χ0v) is 10.4. The summed E-state index contributed by atoms with van der Waals surface area (Å²) < 4.78 is 48.8. The molecular weight excluding hydrogens is 309 g/mol. The average molecular weight is 314 g/mol. The fourth-order valence-corrected chi connectivity index (χ4v) is 1.83. The second-order valence-electron chi connectivity index (χ2n) is 4.20. The van der Waals surface area contributed by atoms with Gasteiger partial charge >= 0.3 is 12.3 Å². The van der Waals surface area contributed by atoms with E-state index < -0.39 is 40.7 Å². The Hall–Kier alpha value is -3.04. The Morgan fingerprint density at radius 3 is 2.55 bits per heavy atom. The molecule has 0 saturated heterocycles. The number of carboxylic acid groups (broad SMARTS) is 1. The molecule has 1 aromatic carbocycles. The van der Waals surface area contributed by atoms with E-state index in [0.29, 0.717) is 6.07 Å². The normalized spacial score (nSPS) is 14.9. The Kier molecular flexibility index (Phi) is 2.83. The van der Waals surface area contributed by atoms with E-state index in [1.165, 1.54) is 0 Å². The van der Waals surface area contributed by atoms with E-state index in [4.69, 9.17) is 5.11 Å². The van der Waals surface area contributed by atoms with Crippen molar-refractivity contribution in [3.63, 3.8) is 0 Å². The van der Waals surface area contributed by atoms with Crippen LogP contribution in [0.2, 0.25) is 0 Å². The number of aromatic nitrogens is 2. The third-order valence-corrected chi connectivity index (χ3v) is 2.73. The first kappa shape index (κ1) is 13.9. The predicted molar refractivity (Wildman–Crippen MR) is 63.0 cm³/mol. The van der Waals surface area contributed by atoms with Crippen molar-refractivity contribution in [2.24, 2.45) is 0 Å². The molecule has 2 heterocycles. The van der Waals surface area contributed by atoms with Gasteiger partial charge in [-0.3, -0.25) is 4.79 Å². The predicted octanol–water partition coefficient (Wildman–Crippen LogP) is 1.39. The van der Waals surface area contributed by atoms with Gasteiger partial charge in [0.25, 0.3) is 0 Å². The Morgan fingerprint density at radius 1 is 1.27 bits per heavy atom. The van der Waals surface area contributed by atoms with E-state index in [-0.39, 0.29) is 5.69 Å². The first-order valence-corrected chi connectivity index (χ1v) is 5.70. The van der Waals surface area contributed by atoms with Gasteiger partial charge in [-0.2, -0.15) is 5.10 Å². The second-order valence-corrected chi connectivity index (χ2v) is 4.20. The quantitative estimate of drug-likeness (QED) is 0.901. The molecule has 22 heavy (non-hydrogen) atoms. The number of hydrogen-bond donors (Lipinski definition) is 1. The number of carbonyl (C=O) groups is 1. The van der Waals surface area contributed by atoms with Crippen LogP contribution >= 0.6 is 0 Å². The van der Waals surface area contributed by atoms with E-state index in [1.807, 2.05) is 0 Å². The van der Waals surface area contributed by atoms with Crippen LogP contribution in [0.25, 0.3) is 5.69 Å². The third kappa shape index (κ3) is 2.24. The number of rotatable bonds is 2. The van der Waals surface area contributed by atoms with Crippen LogP contribution < -0.4 is 14.9 Å². The Morgan fingerprint density at radius 2 is 1.91 bits per heavy atom. The number of carboxylic acids is 1. The number of nitrogens with zero attached hydrogens (tertiary/aromatic N) is 2. The van der Waals surface area contributed by atoms with E-state index in [9.17, 15) is 22.8 Å². The minimum Gasteiger partial charge on any atom is -0.476 e. The van der Waals surface area contributed by atoms with Crippen molar-refractivity contribution in [3.8, 4) is 17.2 Å². The van der Waals surface area contributed by atoms with E-state index in [1.54, 1.807) is 0 Å². The maximum atomic E-state index is 13.9. The highest BCUT2D eigenvalue weighted by molar-refractivity contribution is 5.84. The Bertz CT molecular complexity index is 849. The van der Waals surface area contributed by atoms with Crippen LogP contribution in [0.15, 0.2) is 29.2 Å². The molecule has 0 saturated carbocycles. The lowest BCUT2D eigenvalue weighted by Gasteiger charge is -2.07. The second kappa shape index (κ2) is 4.48. The molecule has 0 atom stereocenters. The SMILES string of the molecule is O=C(O)c1nn(-c2cc3c(cc2F)OC(F)(F)O3)ccc1=O. The van der Waals surface area contributed by atoms with Gasteiger partial charge in [0, 0.05) is 24.4 Å². The summed E-state index contributed by atoms with van der Waals surface area (Å²) >= 11 is 0. The molecule has 0 spiro atoms. The average Bonchev–Trinajstić information content (AvgIpc) is 2.71. The zero-order valence-electron chi connectivity index (χ0n) is 10.4. The van der Waals surface area contributed by atoms with Gasteiger partial charge in [-0.15, -0.1) is 8.78 Å². The third-order valence-electron chi connectivity index (χ3n) is 2.73. The van der Waals surface area contributed by atoms with Crippen LogP contribution in [0.5, 0.6) is 11.5 Å². The molecule has 0 aliphatic carbocycles. The van der Waals surface area contributed by atoms with Crippen LogP contribution in [0, 0.1) is 5.82 Å². The van der Waals surface area contributed by atoms with Crippen molar-refractivity contribution in [1.29, 1.82) is 0 Å². The van der Waals surface area contributed by atoms with Crippen molar-refractivity contribution in [2.75, 3.05) is 0 Å². The van der Waals surface area contributed by atoms with E-state index >= 15 is 0 Å². The molecule has 1 aromatic heterocycles. The highest BCUT2D eigenvalue weighted by Gasteiger charge is 2.44. The summed E-state index contributed by atoms with van der Waals surface area (Å²) in [6.07, 6.45) is -2.93. The van der Waals surface area contributed by atoms with Gasteiger partial charge in [-0.1, -0.05) is 0 Å². The number of hydrogen-bond acceptors (Lipinski definition) is 5. The maximum absolute atomic E-state index is 13.9. The van der Waals surface area contributed by atoms with Gasteiger partial charge in [0.1, 0.15) is 5.69 Å². The summed E-state index contributed by atoms with van der Waals surface area (Å²) in [7, 11) is 0. The van der Waals surface area contributed by atoms with Gasteiger partial charge in [-0.25, -0.2) is 13.9 Å². The highest BCUT2D eigenvalue weighted by Crippen LogP contribution is 2.42. The molecule has 3 rings (SSSR count). The topological polar surface area (TPSA) is 90.7 Å². The highest BCUT2D eigenvalue weighted by atomic mass is 19.3. The molecule has 0 fully saturated rings. The van der Waals surface area contributed by atoms with Crippen LogP contribution in [0.1, 0.15) is 10.5 Å². The summed E-state index contributed by atoms with van der Waals surface area (Å²) in [6, 6.07) is 2.36. The van der Waals surface area contributed by atoms with Gasteiger partial charge in [0.2, 0.25) is 11.1 Å². The summed E-state index contributed by atoms with van der Waals surface area (Å²) in [6.45, 7) is 0. The number of ether oxygens (including phenoxy) is 2. The number of alkyl halides is 2. The van der Waals surface area contributed by atoms with Crippen LogP contribution in [-0.4, -0.2) is 27.2 Å². The summed E-state index contributed by atoms with van der Waals surface area (Å²) in [5, 5.41) is 12.3. The molecular formula is C12H5F3N2O5. The minimum atomic E-state index is -3.92. The summed E-state index contributed by atoms with van der Waals surface area (Å²) in [4.78, 5) is 22.2. The summed E-state index contributed by atoms with van der Waals surface area (Å²) in [5.41, 5.74) is -2.11. The first-order chi connectivity index (χ1) is 10.3. The molecule has 10 heteroatoms. The fraction of sp³-hybridized carbons (Fsp3) is 0.0833. The molecule has 1 N–H and O–H groups in total. The molecule has 0 amide bonds. The maximum Gasteiger partial charge on any atom is 0.586 e. The van der Waals surface area contributed by atoms with Crippen LogP contribution in [-0.2, 0) is 0 Å². The van der Waals surface area contributed by atoms with Crippen molar-refractivity contribution < 1.29 is 32.5 Å². The molecule has 1 aliphatic heterocycles. The number of halogens is 3. The minimum absolute atomic E-state index is 0.387. The van der Waals surface area contributed by atoms with Gasteiger partial charge in [-0.05, 0) is 0 Å². The van der Waals surface area contributed by atoms with Crippen LogP contribution in [0.4, 0.5) is 13.2 Å². The lowest BCUT2D eigenvalue weighted by molar-refractivity contribution is -0.286. The number of benzene rings is 1. The lowest BCUT2D eigenvalue weighted by atomic mass is 10.2. The number of fused-ring (bicyclic) bond motifs is 1. The number of aromatic carboxylic acids is 1. The standard InChI is InChI=1S/C12H5F3N2O5/c13-5-3-8-9(22-12(14,15)21-8)4-6(5)17-2-1-7(18)10(16-17)11(19)20/h1-4H,(H,19,20). The monoisotopic (exact) mass is 314 g/mol. The Balaban J connectivity index is 2.13. The molecule has 0 unspecified atom stereocenters. The lowest BCUT2D eigenvalue weighted by Crippen LogP contribution is -2.25. The Labute approximate surface area is 119 Å². The molecule has 1 aliphatic rings. The fourth-order valence-electron chi connectivity index (χ4n) is 1.83.